The number of hydrogen-bond acceptors (Lipinski definition) is 3. The molecule has 0 saturated carbocycles. The molecule has 1 aromatic heterocycles. The van der Waals surface area contributed by atoms with E-state index in [9.17, 15) is 0 Å². The van der Waals surface area contributed by atoms with Crippen LogP contribution in [0.3, 0.4) is 0 Å². The van der Waals surface area contributed by atoms with Gasteiger partial charge in [0.25, 0.3) is 0 Å². The van der Waals surface area contributed by atoms with Crippen molar-refractivity contribution < 1.29 is 0 Å². The number of aliphatic imine (C=N–C) groups is 1. The Morgan fingerprint density at radius 2 is 1.53 bits per heavy atom. The second kappa shape index (κ2) is 12.2. The molecule has 2 aromatic carbocycles. The Hall–Kier alpha value is -2.61. The summed E-state index contributed by atoms with van der Waals surface area (Å²) in [6.07, 6.45) is 1.84. The first-order chi connectivity index (χ1) is 14.2. The van der Waals surface area contributed by atoms with Crippen molar-refractivity contribution in [2.24, 2.45) is 4.99 Å². The summed E-state index contributed by atoms with van der Waals surface area (Å²) in [7, 11) is 5.79. The fourth-order valence-corrected chi connectivity index (χ4v) is 3.22. The lowest BCUT2D eigenvalue weighted by molar-refractivity contribution is 0.728. The SMILES string of the molecule is CN=C(NCc1ccnc(N(C)C)c1)NCC(c1ccccc1)c1ccccc1.I. The first kappa shape index (κ1) is 23.7. The Bertz CT molecular complexity index is 874. The maximum Gasteiger partial charge on any atom is 0.191 e. The van der Waals surface area contributed by atoms with Crippen molar-refractivity contribution in [1.29, 1.82) is 0 Å². The molecule has 0 fully saturated rings. The van der Waals surface area contributed by atoms with Crippen molar-refractivity contribution in [3.63, 3.8) is 0 Å². The van der Waals surface area contributed by atoms with E-state index in [4.69, 9.17) is 0 Å². The van der Waals surface area contributed by atoms with Gasteiger partial charge in [0.2, 0.25) is 0 Å². The van der Waals surface area contributed by atoms with Gasteiger partial charge in [-0.05, 0) is 28.8 Å². The van der Waals surface area contributed by atoms with Crippen molar-refractivity contribution in [3.8, 4) is 0 Å². The average molecular weight is 515 g/mol. The summed E-state index contributed by atoms with van der Waals surface area (Å²) in [5.74, 6) is 1.97. The van der Waals surface area contributed by atoms with Gasteiger partial charge in [0.1, 0.15) is 5.82 Å². The number of pyridine rings is 1. The molecule has 5 nitrogen and oxygen atoms in total. The molecule has 3 aromatic rings. The minimum atomic E-state index is 0. The number of benzene rings is 2. The molecule has 0 amide bonds. The largest absolute Gasteiger partial charge is 0.363 e. The van der Waals surface area contributed by atoms with E-state index in [0.717, 1.165) is 23.9 Å². The zero-order valence-corrected chi connectivity index (χ0v) is 20.1. The highest BCUT2D eigenvalue weighted by molar-refractivity contribution is 14.0. The van der Waals surface area contributed by atoms with Crippen LogP contribution in [0.5, 0.6) is 0 Å². The highest BCUT2D eigenvalue weighted by Crippen LogP contribution is 2.23. The Morgan fingerprint density at radius 3 is 2.07 bits per heavy atom. The van der Waals surface area contributed by atoms with Gasteiger partial charge in [0.15, 0.2) is 5.96 Å². The number of halogens is 1. The summed E-state index contributed by atoms with van der Waals surface area (Å²) in [6.45, 7) is 1.44. The second-order valence-electron chi connectivity index (χ2n) is 7.10. The third-order valence-corrected chi connectivity index (χ3v) is 4.83. The van der Waals surface area contributed by atoms with Gasteiger partial charge in [-0.15, -0.1) is 24.0 Å². The van der Waals surface area contributed by atoms with Crippen molar-refractivity contribution in [3.05, 3.63) is 95.7 Å². The van der Waals surface area contributed by atoms with Crippen molar-refractivity contribution in [1.82, 2.24) is 15.6 Å². The standard InChI is InChI=1S/C24H29N5.HI/c1-25-24(27-17-19-14-15-26-23(16-19)29(2)3)28-18-22(20-10-6-4-7-11-20)21-12-8-5-9-13-21;/h4-16,22H,17-18H2,1-3H3,(H2,25,27,28);1H. The number of nitrogens with one attached hydrogen (secondary N) is 2. The van der Waals surface area contributed by atoms with E-state index in [1.54, 1.807) is 7.05 Å². The van der Waals surface area contributed by atoms with Gasteiger partial charge in [-0.3, -0.25) is 4.99 Å². The Morgan fingerprint density at radius 1 is 0.933 bits per heavy atom. The second-order valence-corrected chi connectivity index (χ2v) is 7.10. The zero-order valence-electron chi connectivity index (χ0n) is 17.7. The van der Waals surface area contributed by atoms with E-state index in [-0.39, 0.29) is 29.9 Å². The number of nitrogens with zero attached hydrogens (tertiary/aromatic N) is 3. The van der Waals surface area contributed by atoms with Crippen molar-refractivity contribution in [2.45, 2.75) is 12.5 Å². The van der Waals surface area contributed by atoms with Crippen LogP contribution < -0.4 is 15.5 Å². The van der Waals surface area contributed by atoms with E-state index in [2.05, 4.69) is 87.3 Å². The maximum atomic E-state index is 4.39. The monoisotopic (exact) mass is 515 g/mol. The lowest BCUT2D eigenvalue weighted by Crippen LogP contribution is -2.39. The molecule has 0 spiro atoms. The quantitative estimate of drug-likeness (QED) is 0.281. The normalized spacial score (nSPS) is 11.0. The molecule has 1 heterocycles. The first-order valence-electron chi connectivity index (χ1n) is 9.84. The number of anilines is 1. The van der Waals surface area contributed by atoms with Crippen molar-refractivity contribution in [2.75, 3.05) is 32.6 Å². The van der Waals surface area contributed by atoms with Crippen LogP contribution in [0.1, 0.15) is 22.6 Å². The fraction of sp³-hybridized carbons (Fsp3) is 0.250. The summed E-state index contributed by atoms with van der Waals surface area (Å²) in [5, 5.41) is 6.89. The molecule has 0 aliphatic carbocycles. The number of hydrogen-bond donors (Lipinski definition) is 2. The predicted molar refractivity (Wildman–Crippen MR) is 137 cm³/mol. The first-order valence-corrected chi connectivity index (χ1v) is 9.84. The lowest BCUT2D eigenvalue weighted by Gasteiger charge is -2.21. The molecule has 0 bridgehead atoms. The number of aromatic nitrogens is 1. The zero-order chi connectivity index (χ0) is 20.5. The highest BCUT2D eigenvalue weighted by atomic mass is 127. The van der Waals surface area contributed by atoms with Gasteiger partial charge in [0.05, 0.1) is 0 Å². The summed E-state index contributed by atoms with van der Waals surface area (Å²) in [4.78, 5) is 10.8. The smallest absolute Gasteiger partial charge is 0.191 e. The van der Waals surface area contributed by atoms with Gasteiger partial charge >= 0.3 is 0 Å². The fourth-order valence-electron chi connectivity index (χ4n) is 3.22. The van der Waals surface area contributed by atoms with Crippen LogP contribution in [-0.2, 0) is 6.54 Å². The van der Waals surface area contributed by atoms with E-state index < -0.39 is 0 Å². The molecule has 2 N–H and O–H groups in total. The van der Waals surface area contributed by atoms with Gasteiger partial charge < -0.3 is 15.5 Å². The Labute approximate surface area is 196 Å². The molecule has 0 unspecified atom stereocenters. The van der Waals surface area contributed by atoms with Crippen LogP contribution >= 0.6 is 24.0 Å². The topological polar surface area (TPSA) is 52.6 Å². The molecular weight excluding hydrogens is 485 g/mol. The van der Waals surface area contributed by atoms with E-state index in [1.807, 2.05) is 31.3 Å². The molecule has 3 rings (SSSR count). The van der Waals surface area contributed by atoms with Gasteiger partial charge in [-0.2, -0.15) is 0 Å². The van der Waals surface area contributed by atoms with Crippen LogP contribution in [0.2, 0.25) is 0 Å². The summed E-state index contributed by atoms with van der Waals surface area (Å²) < 4.78 is 0. The molecule has 0 radical (unpaired) electrons. The molecular formula is C24H30IN5. The van der Waals surface area contributed by atoms with Gasteiger partial charge in [-0.1, -0.05) is 60.7 Å². The maximum absolute atomic E-state index is 4.39. The molecule has 158 valence electrons. The molecule has 6 heteroatoms. The number of rotatable bonds is 7. The summed E-state index contributed by atoms with van der Waals surface area (Å²) in [5.41, 5.74) is 3.73. The Balaban J connectivity index is 0.00000320. The average Bonchev–Trinajstić information content (AvgIpc) is 2.77. The van der Waals surface area contributed by atoms with E-state index in [0.29, 0.717) is 6.54 Å². The number of guanidine groups is 1. The molecule has 0 saturated heterocycles. The molecule has 30 heavy (non-hydrogen) atoms. The highest BCUT2D eigenvalue weighted by Gasteiger charge is 2.14. The molecule has 0 atom stereocenters. The van der Waals surface area contributed by atoms with Crippen molar-refractivity contribution >= 4 is 35.8 Å². The van der Waals surface area contributed by atoms with Crippen LogP contribution in [0.15, 0.2) is 84.0 Å². The van der Waals surface area contributed by atoms with Gasteiger partial charge in [0, 0.05) is 46.3 Å². The summed E-state index contributed by atoms with van der Waals surface area (Å²) >= 11 is 0. The van der Waals surface area contributed by atoms with Gasteiger partial charge in [-0.25, -0.2) is 4.98 Å². The van der Waals surface area contributed by atoms with E-state index in [1.165, 1.54) is 11.1 Å². The predicted octanol–water partition coefficient (Wildman–Crippen LogP) is 4.26. The minimum Gasteiger partial charge on any atom is -0.363 e. The molecule has 0 aliphatic rings. The van der Waals surface area contributed by atoms with Crippen LogP contribution in [-0.4, -0.2) is 38.6 Å². The van der Waals surface area contributed by atoms with Crippen LogP contribution in [0, 0.1) is 0 Å². The third kappa shape index (κ3) is 6.73. The van der Waals surface area contributed by atoms with E-state index >= 15 is 0 Å². The lowest BCUT2D eigenvalue weighted by atomic mass is 9.91. The Kier molecular flexibility index (Phi) is 9.60. The van der Waals surface area contributed by atoms with Crippen LogP contribution in [0.25, 0.3) is 0 Å². The third-order valence-electron chi connectivity index (χ3n) is 4.83. The summed E-state index contributed by atoms with van der Waals surface area (Å²) in [6, 6.07) is 25.3. The molecule has 0 aliphatic heterocycles. The van der Waals surface area contributed by atoms with Crippen LogP contribution in [0.4, 0.5) is 5.82 Å². The minimum absolute atomic E-state index is 0.